The minimum atomic E-state index is -0.448. The maximum absolute atomic E-state index is 13.4. The second kappa shape index (κ2) is 11.3. The predicted molar refractivity (Wildman–Crippen MR) is 153 cm³/mol. The zero-order valence-corrected chi connectivity index (χ0v) is 22.2. The number of fused-ring (bicyclic) bond motifs is 1. The fraction of sp³-hybridized carbons (Fsp3) is 0.0690. The minimum Gasteiger partial charge on any atom is -0.493 e. The molecule has 0 aliphatic rings. The first-order valence-electron chi connectivity index (χ1n) is 11.8. The van der Waals surface area contributed by atoms with Gasteiger partial charge >= 0.3 is 0 Å². The molecule has 1 aromatic heterocycles. The van der Waals surface area contributed by atoms with E-state index in [1.54, 1.807) is 48.7 Å². The summed E-state index contributed by atoms with van der Waals surface area (Å²) in [6, 6.07) is 26.2. The van der Waals surface area contributed by atoms with E-state index in [9.17, 15) is 14.9 Å². The van der Waals surface area contributed by atoms with E-state index in [1.165, 1.54) is 23.9 Å². The number of methoxy groups -OCH3 is 1. The summed E-state index contributed by atoms with van der Waals surface area (Å²) in [5, 5.41) is 15.9. The van der Waals surface area contributed by atoms with Crippen LogP contribution >= 0.6 is 15.9 Å². The second-order valence-electron chi connectivity index (χ2n) is 8.42. The highest BCUT2D eigenvalue weighted by molar-refractivity contribution is 9.10. The molecule has 0 atom stereocenters. The number of non-ortho nitro benzene ring substituents is 1. The number of para-hydroxylation sites is 1. The largest absolute Gasteiger partial charge is 0.493 e. The van der Waals surface area contributed by atoms with Gasteiger partial charge in [0.05, 0.1) is 29.2 Å². The van der Waals surface area contributed by atoms with Crippen molar-refractivity contribution in [1.29, 1.82) is 0 Å². The van der Waals surface area contributed by atoms with Gasteiger partial charge in [0.2, 0.25) is 0 Å². The Morgan fingerprint density at radius 1 is 1.00 bits per heavy atom. The standard InChI is InChI=1S/C29H21BrN4O5/c1-38-26-15-21(24(30)16-27(26)39-18-19-11-13-22(14-12-19)34(36)37)17-31-33-28(20-7-3-2-4-8-20)32-25-10-6-5-9-23(25)29(33)35/h2-17H,18H2,1H3. The van der Waals surface area contributed by atoms with Crippen LogP contribution < -0.4 is 15.0 Å². The van der Waals surface area contributed by atoms with Gasteiger partial charge < -0.3 is 9.47 Å². The summed E-state index contributed by atoms with van der Waals surface area (Å²) in [6.45, 7) is 0.187. The predicted octanol–water partition coefficient (Wildman–Crippen LogP) is 6.20. The van der Waals surface area contributed by atoms with E-state index in [1.807, 2.05) is 36.4 Å². The van der Waals surface area contributed by atoms with E-state index in [4.69, 9.17) is 14.5 Å². The van der Waals surface area contributed by atoms with E-state index < -0.39 is 4.92 Å². The van der Waals surface area contributed by atoms with Crippen molar-refractivity contribution in [3.05, 3.63) is 127 Å². The van der Waals surface area contributed by atoms with Gasteiger partial charge in [-0.15, -0.1) is 0 Å². The molecule has 0 spiro atoms. The summed E-state index contributed by atoms with van der Waals surface area (Å²) in [5.41, 5.74) is 2.48. The summed E-state index contributed by atoms with van der Waals surface area (Å²) in [5.74, 6) is 1.34. The lowest BCUT2D eigenvalue weighted by atomic mass is 10.2. The number of benzene rings is 4. The summed E-state index contributed by atoms with van der Waals surface area (Å²) in [4.78, 5) is 28.5. The first kappa shape index (κ1) is 25.8. The molecule has 1 heterocycles. The molecular formula is C29H21BrN4O5. The molecule has 0 unspecified atom stereocenters. The molecule has 9 nitrogen and oxygen atoms in total. The van der Waals surface area contributed by atoms with Crippen molar-refractivity contribution in [2.75, 3.05) is 7.11 Å². The Labute approximate surface area is 231 Å². The Hall–Kier alpha value is -4.83. The van der Waals surface area contributed by atoms with Gasteiger partial charge in [0.25, 0.3) is 11.2 Å². The van der Waals surface area contributed by atoms with E-state index in [0.29, 0.717) is 38.3 Å². The molecule has 0 saturated carbocycles. The van der Waals surface area contributed by atoms with Gasteiger partial charge in [-0.3, -0.25) is 14.9 Å². The number of rotatable bonds is 8. The van der Waals surface area contributed by atoms with Crippen LogP contribution in [0, 0.1) is 10.1 Å². The van der Waals surface area contributed by atoms with Gasteiger partial charge in [-0.1, -0.05) is 42.5 Å². The molecule has 4 aromatic carbocycles. The van der Waals surface area contributed by atoms with Crippen LogP contribution in [0.1, 0.15) is 11.1 Å². The normalized spacial score (nSPS) is 11.1. The summed E-state index contributed by atoms with van der Waals surface area (Å²) in [6.07, 6.45) is 1.55. The fourth-order valence-corrected chi connectivity index (χ4v) is 4.35. The molecule has 0 amide bonds. The molecule has 194 valence electrons. The molecule has 0 saturated heterocycles. The van der Waals surface area contributed by atoms with Crippen molar-refractivity contribution in [2.24, 2.45) is 5.10 Å². The van der Waals surface area contributed by atoms with Crippen LogP contribution in [0.3, 0.4) is 0 Å². The van der Waals surface area contributed by atoms with Gasteiger partial charge in [0, 0.05) is 27.7 Å². The van der Waals surface area contributed by atoms with Crippen LogP contribution in [0.4, 0.5) is 5.69 Å². The van der Waals surface area contributed by atoms with Crippen molar-refractivity contribution in [1.82, 2.24) is 9.66 Å². The number of ether oxygens (including phenoxy) is 2. The zero-order chi connectivity index (χ0) is 27.4. The van der Waals surface area contributed by atoms with Crippen LogP contribution in [0.15, 0.2) is 105 Å². The zero-order valence-electron chi connectivity index (χ0n) is 20.7. The second-order valence-corrected chi connectivity index (χ2v) is 9.27. The van der Waals surface area contributed by atoms with Crippen LogP contribution in [-0.4, -0.2) is 27.9 Å². The lowest BCUT2D eigenvalue weighted by molar-refractivity contribution is -0.384. The third kappa shape index (κ3) is 5.55. The lowest BCUT2D eigenvalue weighted by Crippen LogP contribution is -2.20. The lowest BCUT2D eigenvalue weighted by Gasteiger charge is -2.13. The molecule has 0 aliphatic heterocycles. The highest BCUT2D eigenvalue weighted by Gasteiger charge is 2.14. The minimum absolute atomic E-state index is 0.0128. The Kier molecular flexibility index (Phi) is 7.46. The summed E-state index contributed by atoms with van der Waals surface area (Å²) >= 11 is 3.55. The number of halogens is 1. The SMILES string of the molecule is COc1cc(C=Nn2c(-c3ccccc3)nc3ccccc3c2=O)c(Br)cc1OCc1ccc([N+](=O)[O-])cc1. The molecule has 39 heavy (non-hydrogen) atoms. The van der Waals surface area contributed by atoms with E-state index in [2.05, 4.69) is 21.0 Å². The number of hydrogen-bond donors (Lipinski definition) is 0. The van der Waals surface area contributed by atoms with Crippen LogP contribution in [0.2, 0.25) is 0 Å². The molecule has 0 aliphatic carbocycles. The topological polar surface area (TPSA) is 109 Å². The number of nitrogens with zero attached hydrogens (tertiary/aromatic N) is 4. The molecule has 0 radical (unpaired) electrons. The molecular weight excluding hydrogens is 564 g/mol. The number of hydrogen-bond acceptors (Lipinski definition) is 7. The average Bonchev–Trinajstić information content (AvgIpc) is 2.96. The Morgan fingerprint density at radius 3 is 2.44 bits per heavy atom. The fourth-order valence-electron chi connectivity index (χ4n) is 3.92. The van der Waals surface area contributed by atoms with Crippen LogP contribution in [0.25, 0.3) is 22.3 Å². The highest BCUT2D eigenvalue weighted by Crippen LogP contribution is 2.33. The van der Waals surface area contributed by atoms with Crippen LogP contribution in [0.5, 0.6) is 11.5 Å². The van der Waals surface area contributed by atoms with Gasteiger partial charge in [-0.25, -0.2) is 4.98 Å². The number of nitro groups is 1. The quantitative estimate of drug-likeness (QED) is 0.122. The number of aromatic nitrogens is 2. The summed E-state index contributed by atoms with van der Waals surface area (Å²) in [7, 11) is 1.52. The van der Waals surface area contributed by atoms with Gasteiger partial charge in [0.15, 0.2) is 17.3 Å². The van der Waals surface area contributed by atoms with Gasteiger partial charge in [-0.05, 0) is 57.9 Å². The molecule has 5 aromatic rings. The Balaban J connectivity index is 1.47. The molecule has 0 fully saturated rings. The van der Waals surface area contributed by atoms with Crippen molar-refractivity contribution in [3.63, 3.8) is 0 Å². The third-order valence-corrected chi connectivity index (χ3v) is 6.61. The Morgan fingerprint density at radius 2 is 1.72 bits per heavy atom. The first-order chi connectivity index (χ1) is 18.9. The smallest absolute Gasteiger partial charge is 0.282 e. The monoisotopic (exact) mass is 584 g/mol. The number of nitro benzene ring substituents is 1. The van der Waals surface area contributed by atoms with E-state index >= 15 is 0 Å². The molecule has 5 rings (SSSR count). The molecule has 0 N–H and O–H groups in total. The molecule has 0 bridgehead atoms. The van der Waals surface area contributed by atoms with Gasteiger partial charge in [-0.2, -0.15) is 9.78 Å². The molecule has 10 heteroatoms. The van der Waals surface area contributed by atoms with Crippen molar-refractivity contribution in [2.45, 2.75) is 6.61 Å². The third-order valence-electron chi connectivity index (χ3n) is 5.92. The maximum atomic E-state index is 13.4. The van der Waals surface area contributed by atoms with E-state index in [0.717, 1.165) is 11.1 Å². The van der Waals surface area contributed by atoms with Crippen molar-refractivity contribution < 1.29 is 14.4 Å². The van der Waals surface area contributed by atoms with Crippen molar-refractivity contribution in [3.8, 4) is 22.9 Å². The first-order valence-corrected chi connectivity index (χ1v) is 12.6. The van der Waals surface area contributed by atoms with Gasteiger partial charge in [0.1, 0.15) is 6.61 Å². The maximum Gasteiger partial charge on any atom is 0.282 e. The van der Waals surface area contributed by atoms with E-state index in [-0.39, 0.29) is 17.9 Å². The summed E-state index contributed by atoms with van der Waals surface area (Å²) < 4.78 is 13.4. The Bertz CT molecular complexity index is 1750. The van der Waals surface area contributed by atoms with Crippen LogP contribution in [-0.2, 0) is 6.61 Å². The van der Waals surface area contributed by atoms with Crippen molar-refractivity contribution >= 4 is 38.7 Å². The average molecular weight is 585 g/mol. The highest BCUT2D eigenvalue weighted by atomic mass is 79.9.